The van der Waals surface area contributed by atoms with Gasteiger partial charge in [0, 0.05) is 6.54 Å². The zero-order valence-corrected chi connectivity index (χ0v) is 21.3. The number of amides is 1. The molecule has 2 atom stereocenters. The molecule has 0 bridgehead atoms. The van der Waals surface area contributed by atoms with E-state index in [1.807, 2.05) is 26.8 Å². The van der Waals surface area contributed by atoms with E-state index in [-0.39, 0.29) is 40.4 Å². The number of carbonyl (C=O) groups excluding carboxylic acids is 1. The van der Waals surface area contributed by atoms with Crippen LogP contribution in [0.4, 0.5) is 0 Å². The van der Waals surface area contributed by atoms with E-state index in [2.05, 4.69) is 30.9 Å². The Hall–Kier alpha value is -1.75. The van der Waals surface area contributed by atoms with Gasteiger partial charge in [-0.1, -0.05) is 41.5 Å². The van der Waals surface area contributed by atoms with Crippen LogP contribution in [-0.4, -0.2) is 47.2 Å². The lowest BCUT2D eigenvalue weighted by molar-refractivity contribution is -0.128. The van der Waals surface area contributed by atoms with Crippen LogP contribution in [0.5, 0.6) is 0 Å². The Morgan fingerprint density at radius 2 is 1.94 bits per heavy atom. The quantitative estimate of drug-likeness (QED) is 0.539. The molecule has 0 spiro atoms. The van der Waals surface area contributed by atoms with E-state index in [1.165, 1.54) is 11.8 Å². The summed E-state index contributed by atoms with van der Waals surface area (Å²) in [7, 11) is -3.87. The summed E-state index contributed by atoms with van der Waals surface area (Å²) in [5.41, 5.74) is -0.450. The number of aliphatic hydroxyl groups excluding tert-OH is 1. The van der Waals surface area contributed by atoms with Crippen LogP contribution < -0.4 is 5.32 Å². The van der Waals surface area contributed by atoms with Gasteiger partial charge in [0.05, 0.1) is 17.7 Å². The summed E-state index contributed by atoms with van der Waals surface area (Å²) in [6.45, 7) is 14.4. The molecule has 10 heteroatoms. The number of nitrogens with zero attached hydrogens (tertiary/aromatic N) is 3. The fourth-order valence-electron chi connectivity index (χ4n) is 3.59. The second-order valence-corrected chi connectivity index (χ2v) is 12.6. The van der Waals surface area contributed by atoms with Crippen LogP contribution in [0, 0.1) is 22.2 Å². The zero-order valence-electron chi connectivity index (χ0n) is 19.6. The third-order valence-electron chi connectivity index (χ3n) is 5.04. The van der Waals surface area contributed by atoms with Crippen LogP contribution in [-0.2, 0) is 13.9 Å². The van der Waals surface area contributed by atoms with Gasteiger partial charge in [0.1, 0.15) is 17.4 Å². The predicted octanol–water partition coefficient (Wildman–Crippen LogP) is 4.78. The molecule has 0 aromatic carbocycles. The standard InChI is InChI=1S/C21H33N4O4PS/c1-9-29-30(28)13(12-22)18(31-8)23-17(24-30)14-15(26)16(21(5,6)7)25(19(14)27)11-10-20(2,3)4/h16,26H,9-11H2,1-8H3,(H,23,24,28)/t16-,30?/m1/s1. The van der Waals surface area contributed by atoms with Gasteiger partial charge in [0.2, 0.25) is 0 Å². The normalized spacial score (nSPS) is 25.0. The predicted molar refractivity (Wildman–Crippen MR) is 125 cm³/mol. The zero-order chi connectivity index (χ0) is 23.8. The summed E-state index contributed by atoms with van der Waals surface area (Å²) in [5.74, 6) is -0.506. The van der Waals surface area contributed by atoms with Gasteiger partial charge in [-0.25, -0.2) is 0 Å². The van der Waals surface area contributed by atoms with Gasteiger partial charge >= 0.3 is 7.52 Å². The Kier molecular flexibility index (Phi) is 7.41. The van der Waals surface area contributed by atoms with E-state index >= 15 is 0 Å². The van der Waals surface area contributed by atoms with Crippen molar-refractivity contribution in [3.8, 4) is 6.07 Å². The van der Waals surface area contributed by atoms with Gasteiger partial charge in [0.15, 0.2) is 11.1 Å². The molecule has 2 heterocycles. The van der Waals surface area contributed by atoms with Crippen molar-refractivity contribution < 1.29 is 19.0 Å². The topological polar surface area (TPSA) is 115 Å². The Morgan fingerprint density at radius 1 is 1.32 bits per heavy atom. The molecule has 2 aliphatic heterocycles. The molecule has 0 aliphatic carbocycles. The van der Waals surface area contributed by atoms with Crippen molar-refractivity contribution in [2.24, 2.45) is 15.6 Å². The smallest absolute Gasteiger partial charge is 0.359 e. The van der Waals surface area contributed by atoms with E-state index in [9.17, 15) is 19.7 Å². The Bertz CT molecular complexity index is 934. The first-order valence-electron chi connectivity index (χ1n) is 10.3. The molecule has 8 nitrogen and oxygen atoms in total. The lowest BCUT2D eigenvalue weighted by Gasteiger charge is -2.36. The summed E-state index contributed by atoms with van der Waals surface area (Å²) < 4.78 is 23.0. The maximum Gasteiger partial charge on any atom is 0.359 e. The fourth-order valence-corrected chi connectivity index (χ4v) is 6.13. The lowest BCUT2D eigenvalue weighted by atomic mass is 9.84. The SMILES string of the molecule is CCOP1(=O)N=C(C2=C(O)[C@H](C(C)(C)C)N(CCC(C)(C)C)C2=O)NC(SC)=C1C#N. The number of rotatable bonds is 6. The second-order valence-electron chi connectivity index (χ2n) is 9.84. The van der Waals surface area contributed by atoms with Crippen LogP contribution in [0.15, 0.2) is 26.4 Å². The molecule has 2 rings (SSSR count). The van der Waals surface area contributed by atoms with Gasteiger partial charge in [0.25, 0.3) is 5.91 Å². The maximum atomic E-state index is 13.5. The molecule has 172 valence electrons. The van der Waals surface area contributed by atoms with Crippen LogP contribution in [0.25, 0.3) is 0 Å². The van der Waals surface area contributed by atoms with Crippen LogP contribution in [0.3, 0.4) is 0 Å². The summed E-state index contributed by atoms with van der Waals surface area (Å²) in [5, 5.41) is 23.8. The monoisotopic (exact) mass is 468 g/mol. The van der Waals surface area contributed by atoms with Gasteiger partial charge in [-0.2, -0.15) is 10.0 Å². The number of aliphatic hydroxyl groups is 1. The number of carbonyl (C=O) groups is 1. The highest BCUT2D eigenvalue weighted by Gasteiger charge is 2.49. The maximum absolute atomic E-state index is 13.5. The minimum absolute atomic E-state index is 0.00279. The van der Waals surface area contributed by atoms with Crippen molar-refractivity contribution in [3.63, 3.8) is 0 Å². The molecule has 2 aliphatic rings. The molecule has 0 aromatic rings. The van der Waals surface area contributed by atoms with Crippen molar-refractivity contribution in [1.29, 1.82) is 5.26 Å². The Morgan fingerprint density at radius 3 is 2.39 bits per heavy atom. The highest BCUT2D eigenvalue weighted by molar-refractivity contribution is 8.02. The molecule has 2 N–H and O–H groups in total. The van der Waals surface area contributed by atoms with Crippen LogP contribution in [0.1, 0.15) is 54.9 Å². The molecular formula is C21H33N4O4PS. The molecule has 0 saturated heterocycles. The lowest BCUT2D eigenvalue weighted by Crippen LogP contribution is -2.45. The number of thioether (sulfide) groups is 1. The average Bonchev–Trinajstić information content (AvgIpc) is 2.88. The number of hydrogen-bond acceptors (Lipinski definition) is 7. The Labute approximate surface area is 189 Å². The van der Waals surface area contributed by atoms with E-state index in [0.29, 0.717) is 11.6 Å². The fraction of sp³-hybridized carbons (Fsp3) is 0.667. The van der Waals surface area contributed by atoms with Gasteiger partial charge in [-0.05, 0) is 30.4 Å². The third kappa shape index (κ3) is 5.19. The first-order chi connectivity index (χ1) is 14.2. The van der Waals surface area contributed by atoms with Crippen molar-refractivity contribution in [2.45, 2.75) is 60.9 Å². The molecule has 0 aromatic heterocycles. The highest BCUT2D eigenvalue weighted by Crippen LogP contribution is 2.60. The van der Waals surface area contributed by atoms with Gasteiger partial charge in [-0.3, -0.25) is 9.36 Å². The summed E-state index contributed by atoms with van der Waals surface area (Å²) in [6.07, 6.45) is 2.47. The highest BCUT2D eigenvalue weighted by atomic mass is 32.2. The summed E-state index contributed by atoms with van der Waals surface area (Å²) in [4.78, 5) is 15.1. The molecule has 31 heavy (non-hydrogen) atoms. The number of hydrogen-bond donors (Lipinski definition) is 2. The molecule has 0 fully saturated rings. The van der Waals surface area contributed by atoms with Crippen molar-refractivity contribution in [2.75, 3.05) is 19.4 Å². The second kappa shape index (κ2) is 9.01. The van der Waals surface area contributed by atoms with Crippen molar-refractivity contribution in [3.05, 3.63) is 21.7 Å². The first kappa shape index (κ1) is 25.5. The molecule has 1 amide bonds. The minimum atomic E-state index is -3.87. The van der Waals surface area contributed by atoms with Gasteiger partial charge in [-0.15, -0.1) is 11.8 Å². The summed E-state index contributed by atoms with van der Waals surface area (Å²) in [6, 6.07) is 1.37. The number of allylic oxidation sites excluding steroid dienone is 1. The number of nitrogens with one attached hydrogen (secondary N) is 1. The van der Waals surface area contributed by atoms with E-state index in [0.717, 1.165) is 6.42 Å². The van der Waals surface area contributed by atoms with Crippen molar-refractivity contribution in [1.82, 2.24) is 10.2 Å². The minimum Gasteiger partial charge on any atom is -0.509 e. The van der Waals surface area contributed by atoms with Crippen LogP contribution >= 0.6 is 19.3 Å². The molecule has 1 unspecified atom stereocenters. The van der Waals surface area contributed by atoms with Crippen molar-refractivity contribution >= 4 is 31.0 Å². The number of nitriles is 1. The first-order valence-corrected chi connectivity index (χ1v) is 13.1. The van der Waals surface area contributed by atoms with Gasteiger partial charge < -0.3 is 19.8 Å². The van der Waals surface area contributed by atoms with Crippen LogP contribution in [0.2, 0.25) is 0 Å². The number of amidine groups is 1. The molecular weight excluding hydrogens is 435 g/mol. The van der Waals surface area contributed by atoms with E-state index < -0.39 is 19.0 Å². The molecule has 0 radical (unpaired) electrons. The largest absolute Gasteiger partial charge is 0.509 e. The summed E-state index contributed by atoms with van der Waals surface area (Å²) >= 11 is 1.18. The van der Waals surface area contributed by atoms with E-state index in [4.69, 9.17) is 4.52 Å². The Balaban J connectivity index is 2.59. The third-order valence-corrected chi connectivity index (χ3v) is 7.86. The average molecular weight is 469 g/mol. The van der Waals surface area contributed by atoms with E-state index in [1.54, 1.807) is 18.1 Å². The molecule has 0 saturated carbocycles.